The third kappa shape index (κ3) is 2.53. The van der Waals surface area contributed by atoms with E-state index in [-0.39, 0.29) is 0 Å². The predicted octanol–water partition coefficient (Wildman–Crippen LogP) is 3.90. The molecule has 1 aromatic heterocycles. The number of methoxy groups -OCH3 is 2. The van der Waals surface area contributed by atoms with Gasteiger partial charge >= 0.3 is 0 Å². The molecule has 0 bridgehead atoms. The zero-order chi connectivity index (χ0) is 16.4. The molecule has 118 valence electrons. The van der Waals surface area contributed by atoms with Crippen LogP contribution in [0.2, 0.25) is 0 Å². The molecule has 1 aliphatic carbocycles. The van der Waals surface area contributed by atoms with Gasteiger partial charge in [0.25, 0.3) is 0 Å². The van der Waals surface area contributed by atoms with E-state index in [1.165, 1.54) is 17.7 Å². The van der Waals surface area contributed by atoms with Crippen molar-refractivity contribution in [3.63, 3.8) is 0 Å². The zero-order valence-electron chi connectivity index (χ0n) is 13.2. The van der Waals surface area contributed by atoms with Crippen LogP contribution in [0.25, 0.3) is 11.1 Å². The molecule has 0 spiro atoms. The fraction of sp³-hybridized carbons (Fsp3) is 0.294. The highest BCUT2D eigenvalue weighted by atomic mass is 32.1. The van der Waals surface area contributed by atoms with Crippen molar-refractivity contribution in [2.45, 2.75) is 13.3 Å². The molecular formula is C17H16N2O3S. The molecule has 0 saturated carbocycles. The third-order valence-electron chi connectivity index (χ3n) is 3.72. The lowest BCUT2D eigenvalue weighted by Crippen LogP contribution is -1.93. The minimum atomic E-state index is 0.552. The SMILES string of the molecule is CCOC=Nc1sc2c(c1C#N)-c1cc(OC)c(OC)cc1C2. The van der Waals surface area contributed by atoms with Gasteiger partial charge in [-0.25, -0.2) is 4.99 Å². The van der Waals surface area contributed by atoms with Gasteiger partial charge in [-0.2, -0.15) is 5.26 Å². The molecular weight excluding hydrogens is 312 g/mol. The first-order valence-electron chi connectivity index (χ1n) is 7.18. The van der Waals surface area contributed by atoms with Gasteiger partial charge in [-0.05, 0) is 30.2 Å². The second-order valence-electron chi connectivity index (χ2n) is 4.92. The van der Waals surface area contributed by atoms with Gasteiger partial charge in [-0.3, -0.25) is 0 Å². The summed E-state index contributed by atoms with van der Waals surface area (Å²) in [5, 5.41) is 10.3. The Balaban J connectivity index is 2.11. The molecule has 23 heavy (non-hydrogen) atoms. The number of aliphatic imine (C=N–C) groups is 1. The summed E-state index contributed by atoms with van der Waals surface area (Å²) in [4.78, 5) is 5.41. The summed E-state index contributed by atoms with van der Waals surface area (Å²) in [5.74, 6) is 1.36. The molecule has 0 aliphatic heterocycles. The van der Waals surface area contributed by atoms with Crippen molar-refractivity contribution in [1.29, 1.82) is 5.26 Å². The Bertz CT molecular complexity index is 818. The van der Waals surface area contributed by atoms with E-state index in [2.05, 4.69) is 11.1 Å². The number of fused-ring (bicyclic) bond motifs is 3. The van der Waals surface area contributed by atoms with Crippen LogP contribution in [0, 0.1) is 11.3 Å². The highest BCUT2D eigenvalue weighted by Crippen LogP contribution is 2.50. The number of thiophene rings is 1. The predicted molar refractivity (Wildman–Crippen MR) is 90.2 cm³/mol. The van der Waals surface area contributed by atoms with Crippen molar-refractivity contribution < 1.29 is 14.2 Å². The molecule has 1 heterocycles. The molecule has 0 radical (unpaired) electrons. The van der Waals surface area contributed by atoms with Crippen LogP contribution in [0.15, 0.2) is 17.1 Å². The van der Waals surface area contributed by atoms with E-state index in [9.17, 15) is 5.26 Å². The maximum absolute atomic E-state index is 9.57. The van der Waals surface area contributed by atoms with Crippen LogP contribution in [-0.4, -0.2) is 27.2 Å². The van der Waals surface area contributed by atoms with E-state index >= 15 is 0 Å². The van der Waals surface area contributed by atoms with E-state index in [4.69, 9.17) is 14.2 Å². The van der Waals surface area contributed by atoms with Gasteiger partial charge in [0.05, 0.1) is 26.4 Å². The molecule has 2 aromatic rings. The lowest BCUT2D eigenvalue weighted by atomic mass is 10.0. The van der Waals surface area contributed by atoms with Gasteiger partial charge in [0, 0.05) is 16.9 Å². The molecule has 1 aliphatic rings. The molecule has 0 N–H and O–H groups in total. The van der Waals surface area contributed by atoms with Crippen molar-refractivity contribution in [1.82, 2.24) is 0 Å². The minimum absolute atomic E-state index is 0.552. The molecule has 6 heteroatoms. The van der Waals surface area contributed by atoms with Crippen LogP contribution >= 0.6 is 11.3 Å². The number of hydrogen-bond acceptors (Lipinski definition) is 6. The third-order valence-corrected chi connectivity index (χ3v) is 4.81. The van der Waals surface area contributed by atoms with Crippen molar-refractivity contribution >= 4 is 22.7 Å². The smallest absolute Gasteiger partial charge is 0.175 e. The fourth-order valence-corrected chi connectivity index (χ4v) is 3.82. The Hall–Kier alpha value is -2.52. The number of nitriles is 1. The topological polar surface area (TPSA) is 63.8 Å². The minimum Gasteiger partial charge on any atom is -0.493 e. The molecule has 3 rings (SSSR count). The average Bonchev–Trinajstić information content (AvgIpc) is 3.08. The first-order chi connectivity index (χ1) is 11.2. The van der Waals surface area contributed by atoms with E-state index < -0.39 is 0 Å². The molecule has 0 saturated heterocycles. The Morgan fingerprint density at radius 2 is 2.04 bits per heavy atom. The number of benzene rings is 1. The fourth-order valence-electron chi connectivity index (χ4n) is 2.70. The summed E-state index contributed by atoms with van der Waals surface area (Å²) in [6.07, 6.45) is 2.17. The lowest BCUT2D eigenvalue weighted by Gasteiger charge is -2.10. The molecule has 0 amide bonds. The number of ether oxygens (including phenoxy) is 3. The van der Waals surface area contributed by atoms with Crippen molar-refractivity contribution in [3.05, 3.63) is 28.1 Å². The lowest BCUT2D eigenvalue weighted by molar-refractivity contribution is 0.344. The van der Waals surface area contributed by atoms with Gasteiger partial charge in [-0.15, -0.1) is 11.3 Å². The quantitative estimate of drug-likeness (QED) is 0.526. The Kier molecular flexibility index (Phi) is 4.22. The highest BCUT2D eigenvalue weighted by Gasteiger charge is 2.28. The molecule has 0 unspecified atom stereocenters. The summed E-state index contributed by atoms with van der Waals surface area (Å²) in [6, 6.07) is 6.19. The number of nitrogens with zero attached hydrogens (tertiary/aromatic N) is 2. The monoisotopic (exact) mass is 328 g/mol. The number of hydrogen-bond donors (Lipinski definition) is 0. The Morgan fingerprint density at radius 3 is 2.70 bits per heavy atom. The zero-order valence-corrected chi connectivity index (χ0v) is 14.0. The van der Waals surface area contributed by atoms with E-state index in [0.717, 1.165) is 28.0 Å². The van der Waals surface area contributed by atoms with Crippen LogP contribution < -0.4 is 9.47 Å². The van der Waals surface area contributed by atoms with Crippen LogP contribution in [0.1, 0.15) is 22.9 Å². The van der Waals surface area contributed by atoms with Crippen LogP contribution in [0.5, 0.6) is 11.5 Å². The average molecular weight is 328 g/mol. The molecule has 1 aromatic carbocycles. The van der Waals surface area contributed by atoms with Crippen LogP contribution in [0.3, 0.4) is 0 Å². The first-order valence-corrected chi connectivity index (χ1v) is 8.00. The largest absolute Gasteiger partial charge is 0.493 e. The second-order valence-corrected chi connectivity index (χ2v) is 6.01. The molecule has 0 atom stereocenters. The summed E-state index contributed by atoms with van der Waals surface area (Å²) in [5.41, 5.74) is 3.70. The van der Waals surface area contributed by atoms with Crippen LogP contribution in [0.4, 0.5) is 5.00 Å². The van der Waals surface area contributed by atoms with Crippen molar-refractivity contribution in [3.8, 4) is 28.7 Å². The molecule has 0 fully saturated rings. The van der Waals surface area contributed by atoms with E-state index in [0.29, 0.717) is 28.7 Å². The Labute approximate surface area is 138 Å². The van der Waals surface area contributed by atoms with Gasteiger partial charge in [-0.1, -0.05) is 0 Å². The summed E-state index contributed by atoms with van der Waals surface area (Å²) in [7, 11) is 3.23. The highest BCUT2D eigenvalue weighted by molar-refractivity contribution is 7.16. The van der Waals surface area contributed by atoms with Crippen molar-refractivity contribution in [2.24, 2.45) is 4.99 Å². The van der Waals surface area contributed by atoms with Gasteiger partial charge in [0.1, 0.15) is 11.1 Å². The van der Waals surface area contributed by atoms with E-state index in [1.807, 2.05) is 19.1 Å². The summed E-state index contributed by atoms with van der Waals surface area (Å²) < 4.78 is 15.9. The van der Waals surface area contributed by atoms with E-state index in [1.54, 1.807) is 14.2 Å². The maximum atomic E-state index is 9.57. The Morgan fingerprint density at radius 1 is 1.30 bits per heavy atom. The van der Waals surface area contributed by atoms with Gasteiger partial charge in [0.15, 0.2) is 17.9 Å². The van der Waals surface area contributed by atoms with Crippen molar-refractivity contribution in [2.75, 3.05) is 20.8 Å². The maximum Gasteiger partial charge on any atom is 0.175 e. The second kappa shape index (κ2) is 6.31. The van der Waals surface area contributed by atoms with Crippen LogP contribution in [-0.2, 0) is 11.2 Å². The summed E-state index contributed by atoms with van der Waals surface area (Å²) in [6.45, 7) is 2.44. The number of rotatable bonds is 5. The standard InChI is InChI=1S/C17H16N2O3S/c1-4-22-9-19-17-12(8-18)16-11-7-14(21-3)13(20-2)5-10(11)6-15(16)23-17/h5,7,9H,4,6H2,1-3H3. The molecule has 5 nitrogen and oxygen atoms in total. The normalized spacial score (nSPS) is 11.9. The van der Waals surface area contributed by atoms with Gasteiger partial charge < -0.3 is 14.2 Å². The van der Waals surface area contributed by atoms with Gasteiger partial charge in [0.2, 0.25) is 0 Å². The summed E-state index contributed by atoms with van der Waals surface area (Å²) >= 11 is 1.53. The first kappa shape index (κ1) is 15.4.